The third kappa shape index (κ3) is 6.93. The number of nitrogens with two attached hydrogens (primary N) is 1. The standard InChI is InChI=1S/C11H19NO3.C2H5NO/c1-3-8-5-10(11(14)15)12(6-8)7-9(13)4-2;1-2(3)4/h3,8-10,13H,1,4-7H2,2H3,(H,14,15);1H3,(H2,3,4). The molecule has 0 aromatic rings. The molecule has 1 rings (SSSR count). The van der Waals surface area contributed by atoms with Crippen LogP contribution in [0.1, 0.15) is 26.7 Å². The first-order valence-electron chi connectivity index (χ1n) is 6.35. The van der Waals surface area contributed by atoms with Gasteiger partial charge in [-0.1, -0.05) is 13.0 Å². The SMILES string of the molecule is C=CC1CC(C(=O)O)N(CC(O)CC)C1.CC(N)=O. The van der Waals surface area contributed by atoms with Crippen LogP contribution in [0.15, 0.2) is 12.7 Å². The number of hydrogen-bond donors (Lipinski definition) is 3. The monoisotopic (exact) mass is 272 g/mol. The number of carbonyl (C=O) groups excluding carboxylic acids is 1. The van der Waals surface area contributed by atoms with Gasteiger partial charge < -0.3 is 15.9 Å². The van der Waals surface area contributed by atoms with Crippen molar-refractivity contribution in [1.82, 2.24) is 4.90 Å². The van der Waals surface area contributed by atoms with E-state index in [1.165, 1.54) is 6.92 Å². The highest BCUT2D eigenvalue weighted by molar-refractivity contribution is 5.74. The largest absolute Gasteiger partial charge is 0.480 e. The summed E-state index contributed by atoms with van der Waals surface area (Å²) >= 11 is 0. The van der Waals surface area contributed by atoms with Crippen LogP contribution >= 0.6 is 0 Å². The van der Waals surface area contributed by atoms with Gasteiger partial charge in [-0.05, 0) is 18.8 Å². The number of aliphatic carboxylic acids is 1. The molecule has 4 N–H and O–H groups in total. The van der Waals surface area contributed by atoms with E-state index < -0.39 is 18.1 Å². The second-order valence-corrected chi connectivity index (χ2v) is 4.71. The maximum atomic E-state index is 11.0. The van der Waals surface area contributed by atoms with Crippen LogP contribution in [0.2, 0.25) is 0 Å². The van der Waals surface area contributed by atoms with Gasteiger partial charge in [0.25, 0.3) is 0 Å². The third-order valence-electron chi connectivity index (χ3n) is 2.97. The molecule has 1 aliphatic heterocycles. The van der Waals surface area contributed by atoms with Gasteiger partial charge in [0.15, 0.2) is 0 Å². The minimum Gasteiger partial charge on any atom is -0.480 e. The van der Waals surface area contributed by atoms with E-state index >= 15 is 0 Å². The van der Waals surface area contributed by atoms with Crippen LogP contribution in [-0.4, -0.2) is 52.2 Å². The van der Waals surface area contributed by atoms with Crippen molar-refractivity contribution in [3.05, 3.63) is 12.7 Å². The lowest BCUT2D eigenvalue weighted by atomic mass is 10.1. The molecule has 1 heterocycles. The van der Waals surface area contributed by atoms with Gasteiger partial charge in [-0.15, -0.1) is 6.58 Å². The van der Waals surface area contributed by atoms with Crippen molar-refractivity contribution in [2.45, 2.75) is 38.8 Å². The van der Waals surface area contributed by atoms with Crippen molar-refractivity contribution in [3.63, 3.8) is 0 Å². The van der Waals surface area contributed by atoms with E-state index in [-0.39, 0.29) is 11.8 Å². The molecule has 1 amide bonds. The molecule has 0 spiro atoms. The molecule has 19 heavy (non-hydrogen) atoms. The summed E-state index contributed by atoms with van der Waals surface area (Å²) < 4.78 is 0. The van der Waals surface area contributed by atoms with E-state index in [2.05, 4.69) is 12.3 Å². The van der Waals surface area contributed by atoms with Crippen molar-refractivity contribution >= 4 is 11.9 Å². The Bertz CT molecular complexity index is 316. The smallest absolute Gasteiger partial charge is 0.320 e. The Balaban J connectivity index is 0.000000711. The van der Waals surface area contributed by atoms with E-state index in [9.17, 15) is 14.7 Å². The van der Waals surface area contributed by atoms with Crippen LogP contribution in [0.3, 0.4) is 0 Å². The number of rotatable bonds is 5. The van der Waals surface area contributed by atoms with Gasteiger partial charge in [0.05, 0.1) is 6.10 Å². The van der Waals surface area contributed by atoms with Crippen LogP contribution in [0, 0.1) is 5.92 Å². The number of likely N-dealkylation sites (tertiary alicyclic amines) is 1. The molecule has 3 unspecified atom stereocenters. The number of carboxylic acid groups (broad SMARTS) is 1. The zero-order valence-electron chi connectivity index (χ0n) is 11.6. The van der Waals surface area contributed by atoms with Gasteiger partial charge in [-0.3, -0.25) is 14.5 Å². The molecule has 0 radical (unpaired) electrons. The predicted molar refractivity (Wildman–Crippen MR) is 72.5 cm³/mol. The molecule has 6 nitrogen and oxygen atoms in total. The molecule has 0 bridgehead atoms. The lowest BCUT2D eigenvalue weighted by Crippen LogP contribution is -2.40. The summed E-state index contributed by atoms with van der Waals surface area (Å²) in [7, 11) is 0. The van der Waals surface area contributed by atoms with E-state index in [4.69, 9.17) is 5.11 Å². The summed E-state index contributed by atoms with van der Waals surface area (Å²) in [5.74, 6) is -0.905. The Kier molecular flexibility index (Phi) is 8.02. The number of carbonyl (C=O) groups is 2. The minimum absolute atomic E-state index is 0.232. The first-order valence-corrected chi connectivity index (χ1v) is 6.35. The minimum atomic E-state index is -0.803. The fourth-order valence-electron chi connectivity index (χ4n) is 1.97. The van der Waals surface area contributed by atoms with Crippen molar-refractivity contribution in [3.8, 4) is 0 Å². The maximum Gasteiger partial charge on any atom is 0.320 e. The molecular weight excluding hydrogens is 248 g/mol. The van der Waals surface area contributed by atoms with E-state index in [1.54, 1.807) is 6.08 Å². The average Bonchev–Trinajstić information content (AvgIpc) is 2.71. The normalized spacial score (nSPS) is 24.2. The first kappa shape index (κ1) is 17.6. The summed E-state index contributed by atoms with van der Waals surface area (Å²) in [6.07, 6.45) is 2.63. The quantitative estimate of drug-likeness (QED) is 0.621. The van der Waals surface area contributed by atoms with Crippen molar-refractivity contribution in [1.29, 1.82) is 0 Å². The molecule has 0 saturated carbocycles. The second-order valence-electron chi connectivity index (χ2n) is 4.71. The number of primary amides is 1. The molecule has 0 aliphatic carbocycles. The van der Waals surface area contributed by atoms with E-state index in [0.29, 0.717) is 25.9 Å². The summed E-state index contributed by atoms with van der Waals surface area (Å²) in [4.78, 5) is 22.0. The Morgan fingerprint density at radius 3 is 2.47 bits per heavy atom. The van der Waals surface area contributed by atoms with E-state index in [1.807, 2.05) is 11.8 Å². The number of aliphatic hydroxyl groups is 1. The number of carboxylic acids is 1. The third-order valence-corrected chi connectivity index (χ3v) is 2.97. The van der Waals surface area contributed by atoms with Gasteiger partial charge in [0, 0.05) is 20.0 Å². The lowest BCUT2D eigenvalue weighted by molar-refractivity contribution is -0.142. The van der Waals surface area contributed by atoms with Crippen molar-refractivity contribution in [2.24, 2.45) is 11.7 Å². The summed E-state index contributed by atoms with van der Waals surface area (Å²) in [6.45, 7) is 8.02. The molecule has 0 aromatic carbocycles. The van der Waals surface area contributed by atoms with Crippen LogP contribution < -0.4 is 5.73 Å². The van der Waals surface area contributed by atoms with Gasteiger partial charge in [-0.2, -0.15) is 0 Å². The van der Waals surface area contributed by atoms with Gasteiger partial charge in [0.1, 0.15) is 6.04 Å². The molecular formula is C13H24N2O4. The fraction of sp³-hybridized carbons (Fsp3) is 0.692. The molecule has 1 fully saturated rings. The maximum absolute atomic E-state index is 11.0. The average molecular weight is 272 g/mol. The molecule has 1 saturated heterocycles. The van der Waals surface area contributed by atoms with Gasteiger partial charge in [0.2, 0.25) is 5.91 Å². The number of aliphatic hydroxyl groups excluding tert-OH is 1. The van der Waals surface area contributed by atoms with Crippen molar-refractivity contribution in [2.75, 3.05) is 13.1 Å². The van der Waals surface area contributed by atoms with Crippen LogP contribution in [-0.2, 0) is 9.59 Å². The Morgan fingerprint density at radius 1 is 1.58 bits per heavy atom. The summed E-state index contributed by atoms with van der Waals surface area (Å²) in [5, 5.41) is 18.5. The van der Waals surface area contributed by atoms with Gasteiger partial charge in [-0.25, -0.2) is 0 Å². The highest BCUT2D eigenvalue weighted by Crippen LogP contribution is 2.24. The molecule has 0 aromatic heterocycles. The number of amides is 1. The first-order chi connectivity index (χ1) is 8.81. The highest BCUT2D eigenvalue weighted by atomic mass is 16.4. The number of hydrogen-bond acceptors (Lipinski definition) is 4. The Labute approximate surface area is 113 Å². The molecule has 110 valence electrons. The zero-order valence-corrected chi connectivity index (χ0v) is 11.6. The zero-order chi connectivity index (χ0) is 15.0. The van der Waals surface area contributed by atoms with Crippen LogP contribution in [0.4, 0.5) is 0 Å². The summed E-state index contributed by atoms with van der Waals surface area (Å²) in [6, 6.07) is -0.464. The Morgan fingerprint density at radius 2 is 2.11 bits per heavy atom. The number of β-amino-alcohol motifs (C(OH)–C–C–N with tert-alkyl or cyclic N) is 1. The van der Waals surface area contributed by atoms with Crippen LogP contribution in [0.25, 0.3) is 0 Å². The van der Waals surface area contributed by atoms with Gasteiger partial charge >= 0.3 is 5.97 Å². The lowest BCUT2D eigenvalue weighted by Gasteiger charge is -2.23. The fourth-order valence-corrected chi connectivity index (χ4v) is 1.97. The number of nitrogens with zero attached hydrogens (tertiary/aromatic N) is 1. The second kappa shape index (κ2) is 8.66. The predicted octanol–water partition coefficient (Wildman–Crippen LogP) is 0.210. The highest BCUT2D eigenvalue weighted by Gasteiger charge is 2.35. The van der Waals surface area contributed by atoms with Crippen LogP contribution in [0.5, 0.6) is 0 Å². The molecule has 6 heteroatoms. The topological polar surface area (TPSA) is 104 Å². The summed E-state index contributed by atoms with van der Waals surface area (Å²) in [5.41, 5.74) is 4.47. The molecule has 3 atom stereocenters. The van der Waals surface area contributed by atoms with Crippen molar-refractivity contribution < 1.29 is 19.8 Å². The van der Waals surface area contributed by atoms with E-state index in [0.717, 1.165) is 0 Å². The Hall–Kier alpha value is -1.40. The molecule has 1 aliphatic rings.